The van der Waals surface area contributed by atoms with E-state index in [1.807, 2.05) is 0 Å². The summed E-state index contributed by atoms with van der Waals surface area (Å²) < 4.78 is 6.77. The molecule has 0 unspecified atom stereocenters. The third kappa shape index (κ3) is 1.22. The van der Waals surface area contributed by atoms with E-state index in [1.54, 1.807) is 0 Å². The number of fused-ring (bicyclic) bond motifs is 1. The second-order valence-electron chi connectivity index (χ2n) is 9.67. The summed E-state index contributed by atoms with van der Waals surface area (Å²) in [5.74, 6) is 0. The summed E-state index contributed by atoms with van der Waals surface area (Å²) in [6.07, 6.45) is 1.35. The van der Waals surface area contributed by atoms with Gasteiger partial charge in [0.1, 0.15) is 0 Å². The quantitative estimate of drug-likeness (QED) is 0.593. The van der Waals surface area contributed by atoms with Gasteiger partial charge < -0.3 is 4.74 Å². The molecule has 110 valence electrons. The highest BCUT2D eigenvalue weighted by Gasteiger charge is 2.91. The van der Waals surface area contributed by atoms with Gasteiger partial charge in [0.25, 0.3) is 0 Å². The SMILES string of the molecule is CC1(C)COCC(C)(C)C12SC21C(C)(C)CC1(C)C. The van der Waals surface area contributed by atoms with Gasteiger partial charge >= 0.3 is 0 Å². The first-order valence-corrected chi connectivity index (χ1v) is 8.47. The van der Waals surface area contributed by atoms with Gasteiger partial charge in [-0.25, -0.2) is 0 Å². The van der Waals surface area contributed by atoms with E-state index in [1.165, 1.54) is 6.42 Å². The molecule has 3 fully saturated rings. The molecule has 0 aromatic heterocycles. The Morgan fingerprint density at radius 3 is 1.32 bits per heavy atom. The summed E-state index contributed by atoms with van der Waals surface area (Å²) >= 11 is 2.30. The van der Waals surface area contributed by atoms with Crippen LogP contribution in [0.5, 0.6) is 0 Å². The predicted octanol–water partition coefficient (Wildman–Crippen LogP) is 4.75. The lowest BCUT2D eigenvalue weighted by Gasteiger charge is -2.65. The molecule has 1 saturated carbocycles. The Kier molecular flexibility index (Phi) is 2.41. The predicted molar refractivity (Wildman–Crippen MR) is 83.6 cm³/mol. The molecule has 2 aliphatic heterocycles. The van der Waals surface area contributed by atoms with Gasteiger partial charge in [-0.15, -0.1) is 11.8 Å². The summed E-state index contributed by atoms with van der Waals surface area (Å²) in [5, 5.41) is 0. The van der Waals surface area contributed by atoms with Crippen molar-refractivity contribution in [1.29, 1.82) is 0 Å². The molecule has 0 amide bonds. The molecule has 1 aliphatic carbocycles. The van der Waals surface area contributed by atoms with Gasteiger partial charge in [0, 0.05) is 20.3 Å². The third-order valence-corrected chi connectivity index (χ3v) is 9.61. The van der Waals surface area contributed by atoms with Gasteiger partial charge in [0.2, 0.25) is 0 Å². The summed E-state index contributed by atoms with van der Waals surface area (Å²) in [6, 6.07) is 0. The minimum absolute atomic E-state index is 0.258. The normalized spacial score (nSPS) is 37.9. The largest absolute Gasteiger partial charge is 0.380 e. The van der Waals surface area contributed by atoms with Crippen LogP contribution < -0.4 is 0 Å². The second kappa shape index (κ2) is 3.21. The van der Waals surface area contributed by atoms with Crippen LogP contribution in [0.15, 0.2) is 0 Å². The van der Waals surface area contributed by atoms with Crippen LogP contribution in [0.2, 0.25) is 0 Å². The van der Waals surface area contributed by atoms with Crippen molar-refractivity contribution >= 4 is 11.8 Å². The van der Waals surface area contributed by atoms with Crippen molar-refractivity contribution in [2.45, 2.75) is 71.3 Å². The minimum atomic E-state index is 0.258. The lowest BCUT2D eigenvalue weighted by Crippen LogP contribution is -2.69. The highest BCUT2D eigenvalue weighted by molar-refractivity contribution is 8.10. The van der Waals surface area contributed by atoms with E-state index >= 15 is 0 Å². The fourth-order valence-electron chi connectivity index (χ4n) is 6.51. The van der Waals surface area contributed by atoms with E-state index in [2.05, 4.69) is 67.2 Å². The van der Waals surface area contributed by atoms with Crippen molar-refractivity contribution in [3.05, 3.63) is 0 Å². The molecule has 0 atom stereocenters. The van der Waals surface area contributed by atoms with Gasteiger partial charge in [0.15, 0.2) is 0 Å². The lowest BCUT2D eigenvalue weighted by molar-refractivity contribution is -0.149. The zero-order chi connectivity index (χ0) is 14.5. The van der Waals surface area contributed by atoms with Crippen LogP contribution in [-0.2, 0) is 4.74 Å². The van der Waals surface area contributed by atoms with Crippen LogP contribution in [0.4, 0.5) is 0 Å². The number of ether oxygens (including phenoxy) is 1. The molecule has 2 heteroatoms. The minimum Gasteiger partial charge on any atom is -0.380 e. The molecule has 3 aliphatic rings. The maximum Gasteiger partial charge on any atom is 0.0531 e. The maximum absolute atomic E-state index is 5.96. The molecule has 0 bridgehead atoms. The van der Waals surface area contributed by atoms with Crippen molar-refractivity contribution in [1.82, 2.24) is 0 Å². The highest BCUT2D eigenvalue weighted by atomic mass is 32.2. The van der Waals surface area contributed by atoms with Crippen LogP contribution in [0.3, 0.4) is 0 Å². The summed E-state index contributed by atoms with van der Waals surface area (Å²) in [4.78, 5) is 0. The smallest absolute Gasteiger partial charge is 0.0531 e. The summed E-state index contributed by atoms with van der Waals surface area (Å²) in [7, 11) is 0. The fraction of sp³-hybridized carbons (Fsp3) is 1.00. The van der Waals surface area contributed by atoms with Crippen molar-refractivity contribution in [3.63, 3.8) is 0 Å². The van der Waals surface area contributed by atoms with Gasteiger partial charge in [-0.2, -0.15) is 0 Å². The number of thioether (sulfide) groups is 1. The molecule has 2 saturated heterocycles. The standard InChI is InChI=1S/C17H30OS/c1-12(2)9-13(3,4)16(12)17(19-16)14(5,6)10-18-11-15(17,7)8/h9-11H2,1-8H3. The van der Waals surface area contributed by atoms with Crippen LogP contribution in [0.25, 0.3) is 0 Å². The van der Waals surface area contributed by atoms with Crippen molar-refractivity contribution < 1.29 is 4.74 Å². The van der Waals surface area contributed by atoms with Gasteiger partial charge in [-0.1, -0.05) is 55.4 Å². The zero-order valence-corrected chi connectivity index (χ0v) is 14.8. The summed E-state index contributed by atoms with van der Waals surface area (Å²) in [6.45, 7) is 21.5. The monoisotopic (exact) mass is 282 g/mol. The molecular formula is C17H30OS. The molecule has 0 aromatic rings. The number of hydrogen-bond acceptors (Lipinski definition) is 2. The van der Waals surface area contributed by atoms with Crippen molar-refractivity contribution in [3.8, 4) is 0 Å². The van der Waals surface area contributed by atoms with Crippen molar-refractivity contribution in [2.75, 3.05) is 13.2 Å². The third-order valence-electron chi connectivity index (χ3n) is 6.38. The van der Waals surface area contributed by atoms with Crippen LogP contribution >= 0.6 is 11.8 Å². The molecule has 2 heterocycles. The van der Waals surface area contributed by atoms with Crippen LogP contribution in [-0.4, -0.2) is 22.7 Å². The first kappa shape index (κ1) is 14.3. The van der Waals surface area contributed by atoms with E-state index in [-0.39, 0.29) is 10.8 Å². The average molecular weight is 282 g/mol. The Bertz CT molecular complexity index is 401. The van der Waals surface area contributed by atoms with E-state index < -0.39 is 0 Å². The molecule has 0 N–H and O–H groups in total. The molecule has 0 radical (unpaired) electrons. The number of hydrogen-bond donors (Lipinski definition) is 0. The topological polar surface area (TPSA) is 9.23 Å². The fourth-order valence-corrected chi connectivity index (χ4v) is 9.39. The van der Waals surface area contributed by atoms with E-state index in [9.17, 15) is 0 Å². The highest BCUT2D eigenvalue weighted by Crippen LogP contribution is 2.93. The first-order valence-electron chi connectivity index (χ1n) is 7.65. The van der Waals surface area contributed by atoms with Gasteiger partial charge in [-0.05, 0) is 17.3 Å². The van der Waals surface area contributed by atoms with E-state index in [0.29, 0.717) is 20.3 Å². The average Bonchev–Trinajstić information content (AvgIpc) is 2.87. The van der Waals surface area contributed by atoms with E-state index in [4.69, 9.17) is 4.74 Å². The van der Waals surface area contributed by atoms with Crippen molar-refractivity contribution in [2.24, 2.45) is 21.7 Å². The maximum atomic E-state index is 5.96. The Morgan fingerprint density at radius 1 is 0.632 bits per heavy atom. The summed E-state index contributed by atoms with van der Waals surface area (Å²) in [5.41, 5.74) is 1.42. The zero-order valence-electron chi connectivity index (χ0n) is 13.9. The molecule has 1 nitrogen and oxygen atoms in total. The Morgan fingerprint density at radius 2 is 1.00 bits per heavy atom. The molecule has 3 rings (SSSR count). The first-order chi connectivity index (χ1) is 8.37. The van der Waals surface area contributed by atoms with Gasteiger partial charge in [0.05, 0.1) is 13.2 Å². The van der Waals surface area contributed by atoms with Crippen LogP contribution in [0, 0.1) is 21.7 Å². The molecule has 19 heavy (non-hydrogen) atoms. The van der Waals surface area contributed by atoms with E-state index in [0.717, 1.165) is 13.2 Å². The molecule has 2 spiro atoms. The molecule has 0 aromatic carbocycles. The Hall–Kier alpha value is 0.310. The second-order valence-corrected chi connectivity index (χ2v) is 11.1. The Balaban J connectivity index is 2.15. The Labute approximate surface area is 123 Å². The van der Waals surface area contributed by atoms with Crippen LogP contribution in [0.1, 0.15) is 61.8 Å². The molecular weight excluding hydrogens is 252 g/mol. The lowest BCUT2D eigenvalue weighted by atomic mass is 9.39. The number of rotatable bonds is 0. The van der Waals surface area contributed by atoms with Gasteiger partial charge in [-0.3, -0.25) is 0 Å².